The van der Waals surface area contributed by atoms with Crippen LogP contribution >= 0.6 is 0 Å². The highest BCUT2D eigenvalue weighted by Crippen LogP contribution is 2.16. The molecule has 1 nitrogen and oxygen atoms in total. The fourth-order valence-electron chi connectivity index (χ4n) is 2.49. The highest BCUT2D eigenvalue weighted by molar-refractivity contribution is 5.55. The zero-order chi connectivity index (χ0) is 12.3. The van der Waals surface area contributed by atoms with Crippen molar-refractivity contribution in [3.63, 3.8) is 0 Å². The zero-order valence-corrected chi connectivity index (χ0v) is 11.2. The van der Waals surface area contributed by atoms with Crippen molar-refractivity contribution >= 4 is 6.08 Å². The van der Waals surface area contributed by atoms with E-state index in [0.29, 0.717) is 12.1 Å². The van der Waals surface area contributed by atoms with Gasteiger partial charge in [-0.05, 0) is 44.7 Å². The lowest BCUT2D eigenvalue weighted by Crippen LogP contribution is -2.39. The first-order valence-corrected chi connectivity index (χ1v) is 6.66. The summed E-state index contributed by atoms with van der Waals surface area (Å²) in [5.41, 5.74) is 4.04. The van der Waals surface area contributed by atoms with Gasteiger partial charge in [0, 0.05) is 12.1 Å². The van der Waals surface area contributed by atoms with Crippen molar-refractivity contribution in [1.29, 1.82) is 0 Å². The number of piperidine rings is 1. The second-order valence-corrected chi connectivity index (χ2v) is 5.32. The highest BCUT2D eigenvalue weighted by atomic mass is 14.9. The smallest absolute Gasteiger partial charge is 0.0255 e. The molecule has 2 atom stereocenters. The van der Waals surface area contributed by atoms with Crippen LogP contribution in [-0.2, 0) is 0 Å². The maximum atomic E-state index is 3.63. The third-order valence-corrected chi connectivity index (χ3v) is 3.59. The molecule has 1 heterocycles. The van der Waals surface area contributed by atoms with Crippen LogP contribution < -0.4 is 5.32 Å². The summed E-state index contributed by atoms with van der Waals surface area (Å²) in [5.74, 6) is 0. The van der Waals surface area contributed by atoms with Gasteiger partial charge >= 0.3 is 0 Å². The monoisotopic (exact) mass is 229 g/mol. The SMILES string of the molecule is Cc1ccc(C)c(/C=C/C2CCCC(C)N2)c1. The van der Waals surface area contributed by atoms with Gasteiger partial charge in [0.05, 0.1) is 0 Å². The van der Waals surface area contributed by atoms with Crippen LogP contribution in [0.1, 0.15) is 42.9 Å². The molecule has 2 rings (SSSR count). The molecule has 1 aromatic rings. The molecule has 1 heteroatoms. The summed E-state index contributed by atoms with van der Waals surface area (Å²) in [5, 5.41) is 3.63. The van der Waals surface area contributed by atoms with Crippen molar-refractivity contribution in [1.82, 2.24) is 5.32 Å². The summed E-state index contributed by atoms with van der Waals surface area (Å²) in [6.45, 7) is 6.60. The first-order valence-electron chi connectivity index (χ1n) is 6.66. The molecule has 0 aliphatic carbocycles. The van der Waals surface area contributed by atoms with Crippen LogP contribution in [0.4, 0.5) is 0 Å². The summed E-state index contributed by atoms with van der Waals surface area (Å²) >= 11 is 0. The minimum atomic E-state index is 0.554. The molecule has 1 aliphatic rings. The van der Waals surface area contributed by atoms with E-state index < -0.39 is 0 Å². The standard InChI is InChI=1S/C16H23N/c1-12-7-8-13(2)15(11-12)9-10-16-6-4-5-14(3)17-16/h7-11,14,16-17H,4-6H2,1-3H3/b10-9+. The van der Waals surface area contributed by atoms with E-state index >= 15 is 0 Å². The van der Waals surface area contributed by atoms with Gasteiger partial charge in [0.1, 0.15) is 0 Å². The van der Waals surface area contributed by atoms with Crippen molar-refractivity contribution < 1.29 is 0 Å². The molecule has 0 spiro atoms. The molecule has 0 amide bonds. The summed E-state index contributed by atoms with van der Waals surface area (Å²) < 4.78 is 0. The van der Waals surface area contributed by atoms with Crippen molar-refractivity contribution in [2.24, 2.45) is 0 Å². The minimum Gasteiger partial charge on any atom is -0.308 e. The Morgan fingerprint density at radius 3 is 2.82 bits per heavy atom. The van der Waals surface area contributed by atoms with Gasteiger partial charge in [0.2, 0.25) is 0 Å². The molecular formula is C16H23N. The topological polar surface area (TPSA) is 12.0 Å². The molecule has 0 radical (unpaired) electrons. The third kappa shape index (κ3) is 3.44. The minimum absolute atomic E-state index is 0.554. The normalized spacial score (nSPS) is 25.4. The Morgan fingerprint density at radius 2 is 2.06 bits per heavy atom. The van der Waals surface area contributed by atoms with Crippen LogP contribution in [0.2, 0.25) is 0 Å². The molecule has 1 saturated heterocycles. The molecule has 0 bridgehead atoms. The summed E-state index contributed by atoms with van der Waals surface area (Å²) in [6.07, 6.45) is 8.53. The van der Waals surface area contributed by atoms with E-state index in [2.05, 4.69) is 56.4 Å². The van der Waals surface area contributed by atoms with Gasteiger partial charge in [0.15, 0.2) is 0 Å². The van der Waals surface area contributed by atoms with E-state index in [1.807, 2.05) is 0 Å². The van der Waals surface area contributed by atoms with Crippen molar-refractivity contribution in [3.8, 4) is 0 Å². The second kappa shape index (κ2) is 5.50. The Labute approximate surface area is 105 Å². The molecule has 1 aliphatic heterocycles. The van der Waals surface area contributed by atoms with Crippen LogP contribution in [0.25, 0.3) is 6.08 Å². The lowest BCUT2D eigenvalue weighted by Gasteiger charge is -2.26. The van der Waals surface area contributed by atoms with E-state index in [0.717, 1.165) is 0 Å². The molecule has 1 N–H and O–H groups in total. The van der Waals surface area contributed by atoms with Crippen LogP contribution in [0.5, 0.6) is 0 Å². The van der Waals surface area contributed by atoms with E-state index in [9.17, 15) is 0 Å². The Hall–Kier alpha value is -1.08. The number of aryl methyl sites for hydroxylation is 2. The van der Waals surface area contributed by atoms with E-state index in [-0.39, 0.29) is 0 Å². The quantitative estimate of drug-likeness (QED) is 0.812. The Kier molecular flexibility index (Phi) is 4.01. The predicted octanol–water partition coefficient (Wildman–Crippen LogP) is 3.85. The van der Waals surface area contributed by atoms with E-state index in [4.69, 9.17) is 0 Å². The molecule has 92 valence electrons. The molecule has 1 aromatic carbocycles. The fraction of sp³-hybridized carbons (Fsp3) is 0.500. The van der Waals surface area contributed by atoms with Gasteiger partial charge in [0.25, 0.3) is 0 Å². The maximum absolute atomic E-state index is 3.63. The summed E-state index contributed by atoms with van der Waals surface area (Å²) in [4.78, 5) is 0. The second-order valence-electron chi connectivity index (χ2n) is 5.32. The lowest BCUT2D eigenvalue weighted by atomic mass is 9.98. The van der Waals surface area contributed by atoms with Crippen LogP contribution in [0.3, 0.4) is 0 Å². The maximum Gasteiger partial charge on any atom is 0.0255 e. The zero-order valence-electron chi connectivity index (χ0n) is 11.2. The first-order chi connectivity index (χ1) is 8.15. The van der Waals surface area contributed by atoms with Crippen molar-refractivity contribution in [2.45, 2.75) is 52.1 Å². The van der Waals surface area contributed by atoms with Crippen LogP contribution in [-0.4, -0.2) is 12.1 Å². The lowest BCUT2D eigenvalue weighted by molar-refractivity contribution is 0.375. The van der Waals surface area contributed by atoms with E-state index in [1.165, 1.54) is 36.0 Å². The number of nitrogens with one attached hydrogen (secondary N) is 1. The molecule has 0 aromatic heterocycles. The predicted molar refractivity (Wildman–Crippen MR) is 75.2 cm³/mol. The van der Waals surface area contributed by atoms with Gasteiger partial charge in [-0.2, -0.15) is 0 Å². The number of hydrogen-bond acceptors (Lipinski definition) is 1. The fourth-order valence-corrected chi connectivity index (χ4v) is 2.49. The largest absolute Gasteiger partial charge is 0.308 e. The van der Waals surface area contributed by atoms with Crippen LogP contribution in [0.15, 0.2) is 24.3 Å². The van der Waals surface area contributed by atoms with Crippen molar-refractivity contribution in [2.75, 3.05) is 0 Å². The number of benzene rings is 1. The van der Waals surface area contributed by atoms with Gasteiger partial charge in [-0.3, -0.25) is 0 Å². The Balaban J connectivity index is 2.06. The third-order valence-electron chi connectivity index (χ3n) is 3.59. The molecule has 1 fully saturated rings. The van der Waals surface area contributed by atoms with Gasteiger partial charge < -0.3 is 5.32 Å². The van der Waals surface area contributed by atoms with Crippen LogP contribution in [0, 0.1) is 13.8 Å². The average molecular weight is 229 g/mol. The summed E-state index contributed by atoms with van der Waals surface area (Å²) in [7, 11) is 0. The molecular weight excluding hydrogens is 206 g/mol. The van der Waals surface area contributed by atoms with Gasteiger partial charge in [-0.15, -0.1) is 0 Å². The van der Waals surface area contributed by atoms with Gasteiger partial charge in [-0.25, -0.2) is 0 Å². The van der Waals surface area contributed by atoms with Crippen molar-refractivity contribution in [3.05, 3.63) is 41.0 Å². The number of rotatable bonds is 2. The summed E-state index contributed by atoms with van der Waals surface area (Å²) in [6, 6.07) is 7.85. The molecule has 2 unspecified atom stereocenters. The highest BCUT2D eigenvalue weighted by Gasteiger charge is 2.14. The molecule has 0 saturated carbocycles. The van der Waals surface area contributed by atoms with Gasteiger partial charge in [-0.1, -0.05) is 42.3 Å². The average Bonchev–Trinajstić information content (AvgIpc) is 2.30. The van der Waals surface area contributed by atoms with E-state index in [1.54, 1.807) is 0 Å². The first kappa shape index (κ1) is 12.4. The molecule has 17 heavy (non-hydrogen) atoms. The number of hydrogen-bond donors (Lipinski definition) is 1. The Morgan fingerprint density at radius 1 is 1.24 bits per heavy atom. The Bertz CT molecular complexity index is 406.